The Balaban J connectivity index is 2.44. The van der Waals surface area contributed by atoms with Crippen molar-refractivity contribution < 1.29 is 5.11 Å². The third-order valence-corrected chi connectivity index (χ3v) is 5.95. The van der Waals surface area contributed by atoms with Gasteiger partial charge in [0, 0.05) is 10.6 Å². The number of allylic oxidation sites excluding steroid dienone is 3. The van der Waals surface area contributed by atoms with E-state index >= 15 is 0 Å². The number of fused-ring (bicyclic) bond motifs is 1. The number of aliphatic hydroxyl groups excluding tert-OH is 1. The molecule has 0 saturated carbocycles. The molecule has 3 heteroatoms. The number of benzene rings is 1. The summed E-state index contributed by atoms with van der Waals surface area (Å²) in [4.78, 5) is 0. The molecule has 2 unspecified atom stereocenters. The van der Waals surface area contributed by atoms with Gasteiger partial charge < -0.3 is 5.11 Å². The van der Waals surface area contributed by atoms with Gasteiger partial charge in [0.1, 0.15) is 5.76 Å². The molecule has 1 aliphatic rings. The average molecular weight is 375 g/mol. The molecule has 0 amide bonds. The van der Waals surface area contributed by atoms with Crippen LogP contribution in [-0.2, 0) is 6.42 Å². The van der Waals surface area contributed by atoms with Crippen molar-refractivity contribution in [2.75, 3.05) is 5.75 Å². The standard InChI is InChI=1S/C22H27ClOS/c1-6-20(16(5)24)14(3)8-17-7-13(2)19(12-25)10-18-9-15(4)22(23)11-21(17)18/h6,9,11,17,19,24-25H,2-3,5,7-8,10,12H2,1,4H3/b20-6+. The maximum absolute atomic E-state index is 9.80. The van der Waals surface area contributed by atoms with Crippen LogP contribution >= 0.6 is 24.2 Å². The van der Waals surface area contributed by atoms with E-state index in [2.05, 4.69) is 44.5 Å². The topological polar surface area (TPSA) is 20.2 Å². The van der Waals surface area contributed by atoms with Crippen molar-refractivity contribution in [2.24, 2.45) is 5.92 Å². The van der Waals surface area contributed by atoms with E-state index in [1.54, 1.807) is 0 Å². The third kappa shape index (κ3) is 4.43. The van der Waals surface area contributed by atoms with E-state index in [-0.39, 0.29) is 11.7 Å². The lowest BCUT2D eigenvalue weighted by atomic mass is 9.84. The highest BCUT2D eigenvalue weighted by atomic mass is 35.5. The fourth-order valence-corrected chi connectivity index (χ4v) is 4.23. The molecular weight excluding hydrogens is 348 g/mol. The molecule has 0 aliphatic heterocycles. The quantitative estimate of drug-likeness (QED) is 0.192. The molecule has 2 atom stereocenters. The minimum absolute atomic E-state index is 0.0651. The van der Waals surface area contributed by atoms with Crippen molar-refractivity contribution in [1.29, 1.82) is 0 Å². The summed E-state index contributed by atoms with van der Waals surface area (Å²) in [7, 11) is 0. The normalized spacial score (nSPS) is 20.8. The second kappa shape index (κ2) is 8.33. The molecule has 0 spiro atoms. The Labute approximate surface area is 162 Å². The Hall–Kier alpha value is -1.38. The molecule has 134 valence electrons. The average Bonchev–Trinajstić information content (AvgIpc) is 2.66. The molecule has 1 aromatic carbocycles. The first-order valence-electron chi connectivity index (χ1n) is 8.58. The number of hydrogen-bond donors (Lipinski definition) is 2. The summed E-state index contributed by atoms with van der Waals surface area (Å²) >= 11 is 10.9. The van der Waals surface area contributed by atoms with Gasteiger partial charge in [-0.25, -0.2) is 0 Å². The second-order valence-corrected chi connectivity index (χ2v) is 7.67. The summed E-state index contributed by atoms with van der Waals surface area (Å²) in [5, 5.41) is 10.6. The van der Waals surface area contributed by atoms with Crippen LogP contribution in [0.1, 0.15) is 42.4 Å². The lowest BCUT2D eigenvalue weighted by Gasteiger charge is -2.21. The van der Waals surface area contributed by atoms with Crippen LogP contribution in [0.5, 0.6) is 0 Å². The van der Waals surface area contributed by atoms with E-state index < -0.39 is 0 Å². The fourth-order valence-electron chi connectivity index (χ4n) is 3.67. The summed E-state index contributed by atoms with van der Waals surface area (Å²) in [6.45, 7) is 16.1. The fraction of sp³-hybridized carbons (Fsp3) is 0.364. The number of rotatable bonds is 5. The van der Waals surface area contributed by atoms with Crippen molar-refractivity contribution >= 4 is 24.2 Å². The molecule has 1 nitrogen and oxygen atoms in total. The highest BCUT2D eigenvalue weighted by Gasteiger charge is 2.27. The highest BCUT2D eigenvalue weighted by Crippen LogP contribution is 2.42. The van der Waals surface area contributed by atoms with Gasteiger partial charge in [-0.2, -0.15) is 12.6 Å². The van der Waals surface area contributed by atoms with E-state index in [9.17, 15) is 5.11 Å². The predicted octanol–water partition coefficient (Wildman–Crippen LogP) is 6.74. The van der Waals surface area contributed by atoms with Crippen molar-refractivity contribution in [2.45, 2.75) is 39.0 Å². The lowest BCUT2D eigenvalue weighted by Crippen LogP contribution is -2.08. The zero-order valence-electron chi connectivity index (χ0n) is 15.1. The molecule has 0 heterocycles. The molecule has 0 bridgehead atoms. The third-order valence-electron chi connectivity index (χ3n) is 5.11. The van der Waals surface area contributed by atoms with E-state index in [4.69, 9.17) is 11.6 Å². The van der Waals surface area contributed by atoms with Gasteiger partial charge >= 0.3 is 0 Å². The van der Waals surface area contributed by atoms with Crippen molar-refractivity contribution in [3.63, 3.8) is 0 Å². The Kier molecular flexibility index (Phi) is 6.65. The van der Waals surface area contributed by atoms with E-state index in [0.717, 1.165) is 46.7 Å². The monoisotopic (exact) mass is 374 g/mol. The van der Waals surface area contributed by atoms with Crippen LogP contribution in [0.2, 0.25) is 5.02 Å². The summed E-state index contributed by atoms with van der Waals surface area (Å²) in [5.74, 6) is 1.47. The number of aryl methyl sites for hydroxylation is 1. The summed E-state index contributed by atoms with van der Waals surface area (Å²) in [6, 6.07) is 4.30. The first-order valence-corrected chi connectivity index (χ1v) is 9.59. The van der Waals surface area contributed by atoms with E-state index in [0.29, 0.717) is 5.92 Å². The van der Waals surface area contributed by atoms with Gasteiger partial charge in [-0.05, 0) is 79.0 Å². The zero-order chi connectivity index (χ0) is 18.7. The highest BCUT2D eigenvalue weighted by molar-refractivity contribution is 7.80. The van der Waals surface area contributed by atoms with E-state index in [1.165, 1.54) is 16.7 Å². The Morgan fingerprint density at radius 3 is 2.56 bits per heavy atom. The minimum Gasteiger partial charge on any atom is -0.508 e. The number of thiol groups is 1. The molecule has 0 fully saturated rings. The van der Waals surface area contributed by atoms with Crippen LogP contribution in [0.15, 0.2) is 60.4 Å². The minimum atomic E-state index is 0.0651. The van der Waals surface area contributed by atoms with Gasteiger partial charge in [0.25, 0.3) is 0 Å². The van der Waals surface area contributed by atoms with Gasteiger partial charge in [-0.1, -0.05) is 49.1 Å². The molecule has 1 aromatic rings. The van der Waals surface area contributed by atoms with Crippen LogP contribution in [-0.4, -0.2) is 10.9 Å². The van der Waals surface area contributed by atoms with E-state index in [1.807, 2.05) is 19.9 Å². The smallest absolute Gasteiger partial charge is 0.115 e. The molecule has 0 saturated heterocycles. The van der Waals surface area contributed by atoms with Gasteiger partial charge in [-0.3, -0.25) is 0 Å². The predicted molar refractivity (Wildman–Crippen MR) is 113 cm³/mol. The summed E-state index contributed by atoms with van der Waals surface area (Å²) in [6.07, 6.45) is 4.42. The number of hydrogen-bond acceptors (Lipinski definition) is 2. The van der Waals surface area contributed by atoms with Crippen LogP contribution in [0.25, 0.3) is 0 Å². The van der Waals surface area contributed by atoms with Crippen molar-refractivity contribution in [3.05, 3.63) is 82.1 Å². The zero-order valence-corrected chi connectivity index (χ0v) is 16.8. The lowest BCUT2D eigenvalue weighted by molar-refractivity contribution is 0.426. The first kappa shape index (κ1) is 19.9. The van der Waals surface area contributed by atoms with Gasteiger partial charge in [0.2, 0.25) is 0 Å². The molecular formula is C22H27ClOS. The van der Waals surface area contributed by atoms with Crippen molar-refractivity contribution in [3.8, 4) is 0 Å². The summed E-state index contributed by atoms with van der Waals surface area (Å²) in [5.41, 5.74) is 6.52. The van der Waals surface area contributed by atoms with Gasteiger partial charge in [0.15, 0.2) is 0 Å². The molecule has 1 N–H and O–H groups in total. The van der Waals surface area contributed by atoms with Crippen LogP contribution in [0.3, 0.4) is 0 Å². The second-order valence-electron chi connectivity index (χ2n) is 6.90. The Morgan fingerprint density at radius 2 is 2.00 bits per heavy atom. The van der Waals surface area contributed by atoms with Crippen LogP contribution in [0.4, 0.5) is 0 Å². The Morgan fingerprint density at radius 1 is 1.32 bits per heavy atom. The van der Waals surface area contributed by atoms with Gasteiger partial charge in [0.05, 0.1) is 0 Å². The Bertz CT molecular complexity index is 745. The molecule has 0 radical (unpaired) electrons. The summed E-state index contributed by atoms with van der Waals surface area (Å²) < 4.78 is 0. The van der Waals surface area contributed by atoms with Crippen LogP contribution in [0, 0.1) is 12.8 Å². The maximum atomic E-state index is 9.80. The maximum Gasteiger partial charge on any atom is 0.115 e. The number of aliphatic hydroxyl groups is 1. The molecule has 25 heavy (non-hydrogen) atoms. The first-order chi connectivity index (χ1) is 11.8. The van der Waals surface area contributed by atoms with Crippen molar-refractivity contribution in [1.82, 2.24) is 0 Å². The molecule has 0 aromatic heterocycles. The molecule has 1 aliphatic carbocycles. The SMILES string of the molecule is C=C(O)/C(=C/C)C(=C)CC1CC(=C)C(CS)Cc2cc(C)c(Cl)cc21. The van der Waals surface area contributed by atoms with Gasteiger partial charge in [-0.15, -0.1) is 0 Å². The number of halogens is 1. The molecule has 2 rings (SSSR count). The van der Waals surface area contributed by atoms with Crippen LogP contribution < -0.4 is 0 Å². The largest absolute Gasteiger partial charge is 0.508 e.